The van der Waals surface area contributed by atoms with Crippen LogP contribution in [-0.2, 0) is 0 Å². The van der Waals surface area contributed by atoms with E-state index in [1.807, 2.05) is 31.2 Å². The van der Waals surface area contributed by atoms with E-state index in [4.69, 9.17) is 0 Å². The molecule has 0 saturated heterocycles. The zero-order valence-electron chi connectivity index (χ0n) is 10.8. The number of nitrogens with zero attached hydrogens (tertiary/aromatic N) is 2. The normalized spacial score (nSPS) is 10.9. The minimum atomic E-state index is -0.206. The average Bonchev–Trinajstić information content (AvgIpc) is 2.43. The minimum Gasteiger partial charge on any atom is -0.264 e. The molecule has 0 radical (unpaired) electrons. The van der Waals surface area contributed by atoms with Gasteiger partial charge in [0.2, 0.25) is 0 Å². The zero-order chi connectivity index (χ0) is 13.4. The molecule has 2 nitrogen and oxygen atoms in total. The lowest BCUT2D eigenvalue weighted by Gasteiger charge is -2.09. The fourth-order valence-electron chi connectivity index (χ4n) is 2.23. The van der Waals surface area contributed by atoms with E-state index in [9.17, 15) is 4.39 Å². The second-order valence-corrected chi connectivity index (χ2v) is 4.67. The Morgan fingerprint density at radius 3 is 2.63 bits per heavy atom. The van der Waals surface area contributed by atoms with Gasteiger partial charge in [-0.25, -0.2) is 9.37 Å². The standard InChI is InChI=1S/C16H13FN2/c1-10-7-12(9-18-8-10)16-11(2)15(17)13-5-3-4-6-14(13)19-16/h3-9H,1-2H3. The van der Waals surface area contributed by atoms with Gasteiger partial charge in [-0.15, -0.1) is 0 Å². The summed E-state index contributed by atoms with van der Waals surface area (Å²) in [5.74, 6) is -0.206. The number of rotatable bonds is 1. The van der Waals surface area contributed by atoms with Crippen molar-refractivity contribution in [2.24, 2.45) is 0 Å². The molecule has 0 unspecified atom stereocenters. The molecule has 19 heavy (non-hydrogen) atoms. The third-order valence-corrected chi connectivity index (χ3v) is 3.21. The molecule has 0 amide bonds. The number of aromatic nitrogens is 2. The molecule has 94 valence electrons. The van der Waals surface area contributed by atoms with E-state index in [0.717, 1.165) is 11.1 Å². The smallest absolute Gasteiger partial charge is 0.137 e. The predicted molar refractivity (Wildman–Crippen MR) is 74.4 cm³/mol. The van der Waals surface area contributed by atoms with Crippen LogP contribution in [-0.4, -0.2) is 9.97 Å². The van der Waals surface area contributed by atoms with Crippen LogP contribution < -0.4 is 0 Å². The van der Waals surface area contributed by atoms with Crippen LogP contribution in [0.5, 0.6) is 0 Å². The van der Waals surface area contributed by atoms with Crippen LogP contribution in [0.4, 0.5) is 4.39 Å². The molecule has 0 aliphatic heterocycles. The van der Waals surface area contributed by atoms with Gasteiger partial charge in [-0.3, -0.25) is 4.98 Å². The van der Waals surface area contributed by atoms with E-state index < -0.39 is 0 Å². The maximum Gasteiger partial charge on any atom is 0.137 e. The zero-order valence-corrected chi connectivity index (χ0v) is 10.8. The van der Waals surface area contributed by atoms with Crippen molar-refractivity contribution >= 4 is 10.9 Å². The number of hydrogen-bond donors (Lipinski definition) is 0. The Kier molecular flexibility index (Phi) is 2.75. The molecule has 0 fully saturated rings. The summed E-state index contributed by atoms with van der Waals surface area (Å²) in [6, 6.07) is 9.23. The van der Waals surface area contributed by atoms with Crippen LogP contribution in [0.15, 0.2) is 42.7 Å². The van der Waals surface area contributed by atoms with Crippen molar-refractivity contribution < 1.29 is 4.39 Å². The van der Waals surface area contributed by atoms with Gasteiger partial charge in [0, 0.05) is 28.9 Å². The summed E-state index contributed by atoms with van der Waals surface area (Å²) in [5, 5.41) is 0.560. The molecule has 3 rings (SSSR count). The Morgan fingerprint density at radius 1 is 1.05 bits per heavy atom. The third kappa shape index (κ3) is 1.97. The average molecular weight is 252 g/mol. The highest BCUT2D eigenvalue weighted by Gasteiger charge is 2.13. The van der Waals surface area contributed by atoms with Gasteiger partial charge in [0.15, 0.2) is 0 Å². The molecule has 2 heterocycles. The lowest BCUT2D eigenvalue weighted by Crippen LogP contribution is -1.96. The van der Waals surface area contributed by atoms with Gasteiger partial charge in [0.05, 0.1) is 11.2 Å². The fraction of sp³-hybridized carbons (Fsp3) is 0.125. The Hall–Kier alpha value is -2.29. The van der Waals surface area contributed by atoms with Gasteiger partial charge < -0.3 is 0 Å². The molecule has 1 aromatic carbocycles. The van der Waals surface area contributed by atoms with E-state index in [0.29, 0.717) is 22.2 Å². The highest BCUT2D eigenvalue weighted by molar-refractivity contribution is 5.83. The predicted octanol–water partition coefficient (Wildman–Crippen LogP) is 4.05. The highest BCUT2D eigenvalue weighted by atomic mass is 19.1. The summed E-state index contributed by atoms with van der Waals surface area (Å²) in [7, 11) is 0. The van der Waals surface area contributed by atoms with Gasteiger partial charge in [-0.1, -0.05) is 12.1 Å². The van der Waals surface area contributed by atoms with Crippen LogP contribution in [0.2, 0.25) is 0 Å². The summed E-state index contributed by atoms with van der Waals surface area (Å²) in [4.78, 5) is 8.72. The quantitative estimate of drug-likeness (QED) is 0.653. The molecule has 3 aromatic rings. The van der Waals surface area contributed by atoms with E-state index >= 15 is 0 Å². The molecule has 0 aliphatic carbocycles. The van der Waals surface area contributed by atoms with Crippen LogP contribution >= 0.6 is 0 Å². The largest absolute Gasteiger partial charge is 0.264 e. The second-order valence-electron chi connectivity index (χ2n) is 4.67. The molecular formula is C16H13FN2. The van der Waals surface area contributed by atoms with Crippen LogP contribution in [0.3, 0.4) is 0 Å². The Balaban J connectivity index is 2.33. The molecule has 0 atom stereocenters. The topological polar surface area (TPSA) is 25.8 Å². The molecule has 3 heteroatoms. The van der Waals surface area contributed by atoms with Crippen molar-refractivity contribution in [3.63, 3.8) is 0 Å². The molecule has 0 aliphatic rings. The molecule has 2 aromatic heterocycles. The van der Waals surface area contributed by atoms with Crippen LogP contribution in [0, 0.1) is 19.7 Å². The first-order valence-electron chi connectivity index (χ1n) is 6.13. The van der Waals surface area contributed by atoms with Gasteiger partial charge in [-0.2, -0.15) is 0 Å². The van der Waals surface area contributed by atoms with Crippen LogP contribution in [0.25, 0.3) is 22.2 Å². The lowest BCUT2D eigenvalue weighted by molar-refractivity contribution is 0.630. The summed E-state index contributed by atoms with van der Waals surface area (Å²) in [6.07, 6.45) is 3.49. The van der Waals surface area contributed by atoms with Gasteiger partial charge in [0.1, 0.15) is 5.82 Å². The minimum absolute atomic E-state index is 0.206. The van der Waals surface area contributed by atoms with Crippen molar-refractivity contribution in [2.45, 2.75) is 13.8 Å². The highest BCUT2D eigenvalue weighted by Crippen LogP contribution is 2.28. The van der Waals surface area contributed by atoms with Crippen molar-refractivity contribution in [1.29, 1.82) is 0 Å². The number of aryl methyl sites for hydroxylation is 1. The van der Waals surface area contributed by atoms with E-state index in [-0.39, 0.29) is 5.82 Å². The first-order valence-corrected chi connectivity index (χ1v) is 6.13. The monoisotopic (exact) mass is 252 g/mol. The second kappa shape index (κ2) is 4.43. The number of halogens is 1. The summed E-state index contributed by atoms with van der Waals surface area (Å²) in [5.41, 5.74) is 3.77. The number of para-hydroxylation sites is 1. The molecule has 0 bridgehead atoms. The number of hydrogen-bond acceptors (Lipinski definition) is 2. The van der Waals surface area contributed by atoms with Gasteiger partial charge in [-0.05, 0) is 37.6 Å². The molecule has 0 spiro atoms. The fourth-order valence-corrected chi connectivity index (χ4v) is 2.23. The first-order chi connectivity index (χ1) is 9.16. The van der Waals surface area contributed by atoms with Gasteiger partial charge >= 0.3 is 0 Å². The Bertz CT molecular complexity index is 766. The maximum atomic E-state index is 14.4. The van der Waals surface area contributed by atoms with Crippen molar-refractivity contribution in [1.82, 2.24) is 9.97 Å². The van der Waals surface area contributed by atoms with E-state index in [2.05, 4.69) is 9.97 Å². The Morgan fingerprint density at radius 2 is 1.84 bits per heavy atom. The molecule has 0 N–H and O–H groups in total. The SMILES string of the molecule is Cc1cncc(-c2nc3ccccc3c(F)c2C)c1. The van der Waals surface area contributed by atoms with Crippen molar-refractivity contribution in [3.05, 3.63) is 59.7 Å². The van der Waals surface area contributed by atoms with Crippen molar-refractivity contribution in [3.8, 4) is 11.3 Å². The first kappa shape index (κ1) is 11.8. The molecular weight excluding hydrogens is 239 g/mol. The van der Waals surface area contributed by atoms with Crippen molar-refractivity contribution in [2.75, 3.05) is 0 Å². The Labute approximate surface area is 111 Å². The van der Waals surface area contributed by atoms with Gasteiger partial charge in [0.25, 0.3) is 0 Å². The number of fused-ring (bicyclic) bond motifs is 1. The summed E-state index contributed by atoms with van der Waals surface area (Å²) in [6.45, 7) is 3.72. The van der Waals surface area contributed by atoms with Crippen LogP contribution in [0.1, 0.15) is 11.1 Å². The number of pyridine rings is 2. The third-order valence-electron chi connectivity index (χ3n) is 3.21. The number of benzene rings is 1. The molecule has 0 saturated carbocycles. The van der Waals surface area contributed by atoms with E-state index in [1.165, 1.54) is 0 Å². The summed E-state index contributed by atoms with van der Waals surface area (Å²) >= 11 is 0. The maximum absolute atomic E-state index is 14.4. The lowest BCUT2D eigenvalue weighted by atomic mass is 10.0. The summed E-state index contributed by atoms with van der Waals surface area (Å²) < 4.78 is 14.4. The van der Waals surface area contributed by atoms with E-state index in [1.54, 1.807) is 25.4 Å².